The van der Waals surface area contributed by atoms with E-state index in [1.807, 2.05) is 0 Å². The van der Waals surface area contributed by atoms with Crippen LogP contribution >= 0.6 is 0 Å². The molecule has 74 valence electrons. The van der Waals surface area contributed by atoms with Crippen LogP contribution in [0.2, 0.25) is 0 Å². The molecule has 0 fully saturated rings. The lowest BCUT2D eigenvalue weighted by atomic mass is 10.3. The number of sulfone groups is 1. The summed E-state index contributed by atoms with van der Waals surface area (Å²) in [6.07, 6.45) is 1.25. The van der Waals surface area contributed by atoms with Gasteiger partial charge in [0.25, 0.3) is 0 Å². The average molecular weight is 203 g/mol. The molecule has 1 aromatic heterocycles. The molecular weight excluding hydrogens is 190 g/mol. The van der Waals surface area contributed by atoms with Gasteiger partial charge >= 0.3 is 0 Å². The van der Waals surface area contributed by atoms with E-state index in [0.29, 0.717) is 5.76 Å². The van der Waals surface area contributed by atoms with Gasteiger partial charge in [-0.3, -0.25) is 0 Å². The third-order valence-electron chi connectivity index (χ3n) is 1.80. The summed E-state index contributed by atoms with van der Waals surface area (Å²) in [4.78, 5) is 0.181. The fraction of sp³-hybridized carbons (Fsp3) is 0.625. The number of aryl methyl sites for hydroxylation is 1. The van der Waals surface area contributed by atoms with Crippen molar-refractivity contribution in [1.29, 1.82) is 0 Å². The molecule has 0 saturated heterocycles. The van der Waals surface area contributed by atoms with Crippen molar-refractivity contribution in [3.8, 4) is 0 Å². The maximum absolute atomic E-state index is 11.8. The Balaban J connectivity index is 3.33. The zero-order chi connectivity index (χ0) is 10.3. The molecule has 1 heterocycles. The summed E-state index contributed by atoms with van der Waals surface area (Å²) in [7, 11) is -3.32. The third-order valence-corrected chi connectivity index (χ3v) is 4.39. The zero-order valence-corrected chi connectivity index (χ0v) is 8.97. The highest BCUT2D eigenvalue weighted by Crippen LogP contribution is 2.26. The second kappa shape index (κ2) is 2.83. The molecular formula is C8H13NO3S. The first kappa shape index (κ1) is 10.2. The first-order valence-corrected chi connectivity index (χ1v) is 5.41. The summed E-state index contributed by atoms with van der Waals surface area (Å²) >= 11 is 0. The van der Waals surface area contributed by atoms with E-state index in [1.54, 1.807) is 27.7 Å². The van der Waals surface area contributed by atoms with Gasteiger partial charge < -0.3 is 4.52 Å². The molecule has 0 aliphatic heterocycles. The van der Waals surface area contributed by atoms with Gasteiger partial charge in [-0.1, -0.05) is 5.16 Å². The van der Waals surface area contributed by atoms with Gasteiger partial charge in [0.05, 0.1) is 10.9 Å². The van der Waals surface area contributed by atoms with Crippen molar-refractivity contribution in [2.24, 2.45) is 0 Å². The topological polar surface area (TPSA) is 60.2 Å². The van der Waals surface area contributed by atoms with Gasteiger partial charge in [0, 0.05) is 0 Å². The molecule has 4 nitrogen and oxygen atoms in total. The number of aromatic nitrogens is 1. The molecule has 0 aromatic carbocycles. The summed E-state index contributed by atoms with van der Waals surface area (Å²) in [5.41, 5.74) is 0. The fourth-order valence-electron chi connectivity index (χ4n) is 0.878. The highest BCUT2D eigenvalue weighted by atomic mass is 32.2. The van der Waals surface area contributed by atoms with Crippen LogP contribution in [0.4, 0.5) is 0 Å². The van der Waals surface area contributed by atoms with Gasteiger partial charge in [-0.25, -0.2) is 8.42 Å². The van der Waals surface area contributed by atoms with E-state index in [0.717, 1.165) is 0 Å². The van der Waals surface area contributed by atoms with Crippen molar-refractivity contribution in [1.82, 2.24) is 5.16 Å². The van der Waals surface area contributed by atoms with E-state index < -0.39 is 14.6 Å². The summed E-state index contributed by atoms with van der Waals surface area (Å²) in [5, 5.41) is 3.45. The Morgan fingerprint density at radius 3 is 2.23 bits per heavy atom. The summed E-state index contributed by atoms with van der Waals surface area (Å²) in [5.74, 6) is 0.343. The van der Waals surface area contributed by atoms with Crippen LogP contribution in [0, 0.1) is 6.92 Å². The lowest BCUT2D eigenvalue weighted by Gasteiger charge is -2.17. The van der Waals surface area contributed by atoms with E-state index in [9.17, 15) is 8.42 Å². The monoisotopic (exact) mass is 203 g/mol. The highest BCUT2D eigenvalue weighted by molar-refractivity contribution is 7.92. The average Bonchev–Trinajstić information content (AvgIpc) is 2.32. The molecule has 0 atom stereocenters. The first-order valence-electron chi connectivity index (χ1n) is 3.93. The minimum atomic E-state index is -3.32. The van der Waals surface area contributed by atoms with Crippen LogP contribution in [-0.2, 0) is 9.84 Å². The summed E-state index contributed by atoms with van der Waals surface area (Å²) in [6.45, 7) is 6.53. The number of nitrogens with zero attached hydrogens (tertiary/aromatic N) is 1. The van der Waals surface area contributed by atoms with E-state index in [-0.39, 0.29) is 4.90 Å². The Morgan fingerprint density at radius 1 is 1.38 bits per heavy atom. The SMILES string of the molecule is Cc1oncc1S(=O)(=O)C(C)(C)C. The van der Waals surface area contributed by atoms with E-state index >= 15 is 0 Å². The maximum atomic E-state index is 11.8. The van der Waals surface area contributed by atoms with Crippen molar-refractivity contribution < 1.29 is 12.9 Å². The third kappa shape index (κ3) is 1.60. The molecule has 0 spiro atoms. The predicted octanol–water partition coefficient (Wildman–Crippen LogP) is 1.56. The van der Waals surface area contributed by atoms with E-state index in [1.165, 1.54) is 6.20 Å². The van der Waals surface area contributed by atoms with Crippen LogP contribution in [0.3, 0.4) is 0 Å². The Hall–Kier alpha value is -0.840. The number of rotatable bonds is 1. The van der Waals surface area contributed by atoms with E-state index in [2.05, 4.69) is 5.16 Å². The Labute approximate surface area is 77.8 Å². The molecule has 0 saturated carbocycles. The van der Waals surface area contributed by atoms with E-state index in [4.69, 9.17) is 4.52 Å². The molecule has 0 amide bonds. The second-order valence-electron chi connectivity index (χ2n) is 3.86. The van der Waals surface area contributed by atoms with Gasteiger partial charge in [0.15, 0.2) is 15.6 Å². The highest BCUT2D eigenvalue weighted by Gasteiger charge is 2.33. The molecule has 1 rings (SSSR count). The standard InChI is InChI=1S/C8H13NO3S/c1-6-7(5-9-12-6)13(10,11)8(2,3)4/h5H,1-4H3. The quantitative estimate of drug-likeness (QED) is 0.694. The lowest BCUT2D eigenvalue weighted by molar-refractivity contribution is 0.394. The molecule has 1 aromatic rings. The van der Waals surface area contributed by atoms with Gasteiger partial charge in [0.2, 0.25) is 0 Å². The molecule has 0 aliphatic carbocycles. The molecule has 0 unspecified atom stereocenters. The van der Waals surface area contributed by atoms with Gasteiger partial charge in [-0.05, 0) is 27.7 Å². The van der Waals surface area contributed by atoms with Gasteiger partial charge in [0.1, 0.15) is 4.90 Å². The van der Waals surface area contributed by atoms with Crippen molar-refractivity contribution in [3.05, 3.63) is 12.0 Å². The van der Waals surface area contributed by atoms with Gasteiger partial charge in [-0.15, -0.1) is 0 Å². The molecule has 0 N–H and O–H groups in total. The largest absolute Gasteiger partial charge is 0.360 e. The smallest absolute Gasteiger partial charge is 0.188 e. The molecule has 0 bridgehead atoms. The molecule has 0 radical (unpaired) electrons. The Morgan fingerprint density at radius 2 is 1.92 bits per heavy atom. The minimum absolute atomic E-state index is 0.181. The molecule has 13 heavy (non-hydrogen) atoms. The van der Waals surface area contributed by atoms with Crippen LogP contribution in [0.15, 0.2) is 15.6 Å². The Bertz CT molecular complexity index is 397. The molecule has 5 heteroatoms. The van der Waals surface area contributed by atoms with Crippen molar-refractivity contribution in [2.75, 3.05) is 0 Å². The summed E-state index contributed by atoms with van der Waals surface area (Å²) in [6, 6.07) is 0. The summed E-state index contributed by atoms with van der Waals surface area (Å²) < 4.78 is 27.6. The molecule has 0 aliphatic rings. The Kier molecular flexibility index (Phi) is 2.23. The van der Waals surface area contributed by atoms with Crippen LogP contribution in [0.25, 0.3) is 0 Å². The maximum Gasteiger partial charge on any atom is 0.188 e. The van der Waals surface area contributed by atoms with Gasteiger partial charge in [-0.2, -0.15) is 0 Å². The van der Waals surface area contributed by atoms with Crippen LogP contribution in [-0.4, -0.2) is 18.3 Å². The first-order chi connectivity index (χ1) is 5.77. The second-order valence-corrected chi connectivity index (χ2v) is 6.53. The van der Waals surface area contributed by atoms with Crippen molar-refractivity contribution >= 4 is 9.84 Å². The van der Waals surface area contributed by atoms with Crippen LogP contribution < -0.4 is 0 Å². The minimum Gasteiger partial charge on any atom is -0.360 e. The fourth-order valence-corrected chi connectivity index (χ4v) is 2.13. The van der Waals surface area contributed by atoms with Crippen molar-refractivity contribution in [3.63, 3.8) is 0 Å². The zero-order valence-electron chi connectivity index (χ0n) is 8.16. The predicted molar refractivity (Wildman–Crippen MR) is 48.2 cm³/mol. The number of hydrogen-bond acceptors (Lipinski definition) is 4. The lowest BCUT2D eigenvalue weighted by Crippen LogP contribution is -2.28. The van der Waals surface area contributed by atoms with Crippen LogP contribution in [0.1, 0.15) is 26.5 Å². The normalized spacial score (nSPS) is 13.2. The number of hydrogen-bond donors (Lipinski definition) is 0. The van der Waals surface area contributed by atoms with Crippen molar-refractivity contribution in [2.45, 2.75) is 37.3 Å². The van der Waals surface area contributed by atoms with Crippen LogP contribution in [0.5, 0.6) is 0 Å².